The van der Waals surface area contributed by atoms with Crippen LogP contribution in [0.2, 0.25) is 0 Å². The number of nitrogens with two attached hydrogens (primary N) is 1. The summed E-state index contributed by atoms with van der Waals surface area (Å²) >= 11 is 0. The van der Waals surface area contributed by atoms with Crippen molar-refractivity contribution in [3.05, 3.63) is 53.3 Å². The second-order valence-corrected chi connectivity index (χ2v) is 6.11. The van der Waals surface area contributed by atoms with Gasteiger partial charge in [0.15, 0.2) is 0 Å². The van der Waals surface area contributed by atoms with Gasteiger partial charge in [-0.25, -0.2) is 12.8 Å². The van der Waals surface area contributed by atoms with Gasteiger partial charge in [0.05, 0.1) is 27.9 Å². The molecule has 0 aliphatic carbocycles. The number of hydrogen-bond acceptors (Lipinski definition) is 4. The number of sulfonamides is 1. The minimum atomic E-state index is -3.86. The smallest absolute Gasteiger partial charge is 0.261 e. The van der Waals surface area contributed by atoms with Crippen molar-refractivity contribution < 1.29 is 12.8 Å². The van der Waals surface area contributed by atoms with E-state index in [1.54, 1.807) is 6.92 Å². The molecule has 0 aromatic heterocycles. The number of halogens is 1. The highest BCUT2D eigenvalue weighted by Gasteiger charge is 2.16. The molecule has 5 nitrogen and oxygen atoms in total. The van der Waals surface area contributed by atoms with Crippen LogP contribution in [-0.2, 0) is 10.0 Å². The Bertz CT molecular complexity index is 842. The van der Waals surface area contributed by atoms with Crippen LogP contribution in [0.5, 0.6) is 0 Å². The number of hydrogen-bond donors (Lipinski definition) is 2. The number of aryl methyl sites for hydroxylation is 1. The number of benzene rings is 2. The maximum atomic E-state index is 13.3. The first-order valence-corrected chi connectivity index (χ1v) is 7.40. The van der Waals surface area contributed by atoms with Crippen LogP contribution in [0, 0.1) is 24.1 Å². The Morgan fingerprint density at radius 2 is 1.95 bits per heavy atom. The van der Waals surface area contributed by atoms with Gasteiger partial charge in [0.2, 0.25) is 0 Å². The normalized spacial score (nSPS) is 10.9. The zero-order valence-corrected chi connectivity index (χ0v) is 11.9. The Morgan fingerprint density at radius 3 is 2.52 bits per heavy atom. The van der Waals surface area contributed by atoms with E-state index >= 15 is 0 Å². The van der Waals surface area contributed by atoms with Crippen molar-refractivity contribution in [2.75, 3.05) is 10.5 Å². The summed E-state index contributed by atoms with van der Waals surface area (Å²) < 4.78 is 40.0. The lowest BCUT2D eigenvalue weighted by Gasteiger charge is -2.10. The standard InChI is InChI=1S/C14H12FN3O2S/c1-9-6-12(4-2-10(9)8-16)21(19,20)18-11-3-5-14(17)13(15)7-11/h2-7,18H,17H2,1H3. The molecule has 21 heavy (non-hydrogen) atoms. The van der Waals surface area contributed by atoms with E-state index in [9.17, 15) is 12.8 Å². The van der Waals surface area contributed by atoms with Crippen LogP contribution < -0.4 is 10.5 Å². The zero-order chi connectivity index (χ0) is 15.6. The minimum Gasteiger partial charge on any atom is -0.396 e. The lowest BCUT2D eigenvalue weighted by molar-refractivity contribution is 0.601. The summed E-state index contributed by atoms with van der Waals surface area (Å²) in [5, 5.41) is 8.84. The molecule has 0 amide bonds. The van der Waals surface area contributed by atoms with Crippen molar-refractivity contribution in [1.82, 2.24) is 0 Å². The number of nitrogens with zero attached hydrogens (tertiary/aromatic N) is 1. The van der Waals surface area contributed by atoms with Crippen molar-refractivity contribution in [2.45, 2.75) is 11.8 Å². The second kappa shape index (κ2) is 5.42. The number of rotatable bonds is 3. The molecule has 108 valence electrons. The predicted molar refractivity (Wildman–Crippen MR) is 77.5 cm³/mol. The van der Waals surface area contributed by atoms with Crippen LogP contribution in [0.4, 0.5) is 15.8 Å². The van der Waals surface area contributed by atoms with Gasteiger partial charge in [-0.2, -0.15) is 5.26 Å². The van der Waals surface area contributed by atoms with Gasteiger partial charge in [-0.05, 0) is 42.8 Å². The first-order valence-electron chi connectivity index (χ1n) is 5.92. The SMILES string of the molecule is Cc1cc(S(=O)(=O)Nc2ccc(N)c(F)c2)ccc1C#N. The van der Waals surface area contributed by atoms with Crippen molar-refractivity contribution >= 4 is 21.4 Å². The summed E-state index contributed by atoms with van der Waals surface area (Å²) in [6.07, 6.45) is 0. The summed E-state index contributed by atoms with van der Waals surface area (Å²) in [5.74, 6) is -0.703. The lowest BCUT2D eigenvalue weighted by atomic mass is 10.1. The van der Waals surface area contributed by atoms with Crippen LogP contribution >= 0.6 is 0 Å². The number of nitriles is 1. The van der Waals surface area contributed by atoms with E-state index < -0.39 is 15.8 Å². The molecule has 0 aliphatic heterocycles. The Morgan fingerprint density at radius 1 is 1.24 bits per heavy atom. The third-order valence-corrected chi connectivity index (χ3v) is 4.26. The molecule has 2 aromatic rings. The molecule has 0 radical (unpaired) electrons. The first kappa shape index (κ1) is 14.8. The molecule has 0 heterocycles. The molecule has 7 heteroatoms. The molecule has 2 rings (SSSR count). The molecule has 2 aromatic carbocycles. The Kier molecular flexibility index (Phi) is 3.82. The van der Waals surface area contributed by atoms with Crippen LogP contribution in [0.25, 0.3) is 0 Å². The molecule has 0 bridgehead atoms. The Hall–Kier alpha value is -2.59. The molecule has 0 saturated carbocycles. The fraction of sp³-hybridized carbons (Fsp3) is 0.0714. The third-order valence-electron chi connectivity index (χ3n) is 2.88. The van der Waals surface area contributed by atoms with Gasteiger partial charge >= 0.3 is 0 Å². The topological polar surface area (TPSA) is 96.0 Å². The molecular weight excluding hydrogens is 293 g/mol. The van der Waals surface area contributed by atoms with Crippen molar-refractivity contribution in [1.29, 1.82) is 5.26 Å². The lowest BCUT2D eigenvalue weighted by Crippen LogP contribution is -2.13. The van der Waals surface area contributed by atoms with Gasteiger partial charge in [-0.3, -0.25) is 4.72 Å². The molecule has 3 N–H and O–H groups in total. The van der Waals surface area contributed by atoms with Crippen LogP contribution in [0.1, 0.15) is 11.1 Å². The summed E-state index contributed by atoms with van der Waals surface area (Å²) in [4.78, 5) is -0.00349. The maximum absolute atomic E-state index is 13.3. The Labute approximate surface area is 121 Å². The number of nitrogen functional groups attached to an aromatic ring is 1. The monoisotopic (exact) mass is 305 g/mol. The quantitative estimate of drug-likeness (QED) is 0.851. The molecule has 0 unspecified atom stereocenters. The summed E-state index contributed by atoms with van der Waals surface area (Å²) in [6, 6.07) is 9.73. The van der Waals surface area contributed by atoms with Gasteiger partial charge in [0.25, 0.3) is 10.0 Å². The predicted octanol–water partition coefficient (Wildman–Crippen LogP) is 2.39. The maximum Gasteiger partial charge on any atom is 0.261 e. The third kappa shape index (κ3) is 3.12. The number of nitrogens with one attached hydrogen (secondary N) is 1. The molecular formula is C14H12FN3O2S. The van der Waals surface area contributed by atoms with Crippen LogP contribution in [0.3, 0.4) is 0 Å². The summed E-state index contributed by atoms with van der Waals surface area (Å²) in [6.45, 7) is 1.64. The van der Waals surface area contributed by atoms with Crippen molar-refractivity contribution in [2.24, 2.45) is 0 Å². The van der Waals surface area contributed by atoms with Gasteiger partial charge < -0.3 is 5.73 Å². The van der Waals surface area contributed by atoms with Gasteiger partial charge in [-0.15, -0.1) is 0 Å². The van der Waals surface area contributed by atoms with E-state index in [-0.39, 0.29) is 16.3 Å². The second-order valence-electron chi connectivity index (χ2n) is 4.43. The van der Waals surface area contributed by atoms with Crippen LogP contribution in [-0.4, -0.2) is 8.42 Å². The van der Waals surface area contributed by atoms with E-state index in [2.05, 4.69) is 4.72 Å². The summed E-state index contributed by atoms with van der Waals surface area (Å²) in [5.41, 5.74) is 6.28. The summed E-state index contributed by atoms with van der Waals surface area (Å²) in [7, 11) is -3.86. The van der Waals surface area contributed by atoms with Gasteiger partial charge in [0.1, 0.15) is 5.82 Å². The molecule has 0 aliphatic rings. The van der Waals surface area contributed by atoms with E-state index in [0.29, 0.717) is 11.1 Å². The average molecular weight is 305 g/mol. The molecule has 0 atom stereocenters. The number of anilines is 2. The first-order chi connectivity index (χ1) is 9.83. The van der Waals surface area contributed by atoms with E-state index in [1.807, 2.05) is 6.07 Å². The fourth-order valence-electron chi connectivity index (χ4n) is 1.73. The molecule has 0 fully saturated rings. The van der Waals surface area contributed by atoms with Gasteiger partial charge in [-0.1, -0.05) is 0 Å². The van der Waals surface area contributed by atoms with Crippen molar-refractivity contribution in [3.63, 3.8) is 0 Å². The van der Waals surface area contributed by atoms with Crippen LogP contribution in [0.15, 0.2) is 41.3 Å². The van der Waals surface area contributed by atoms with Gasteiger partial charge in [0, 0.05) is 6.07 Å². The molecule has 0 spiro atoms. The highest BCUT2D eigenvalue weighted by atomic mass is 32.2. The highest BCUT2D eigenvalue weighted by Crippen LogP contribution is 2.21. The average Bonchev–Trinajstić information content (AvgIpc) is 2.42. The van der Waals surface area contributed by atoms with Crippen molar-refractivity contribution in [3.8, 4) is 6.07 Å². The minimum absolute atomic E-state index is 0.00349. The van der Waals surface area contributed by atoms with E-state index in [1.165, 1.54) is 30.3 Å². The van der Waals surface area contributed by atoms with E-state index in [0.717, 1.165) is 6.07 Å². The largest absolute Gasteiger partial charge is 0.396 e. The molecule has 0 saturated heterocycles. The Balaban J connectivity index is 2.36. The zero-order valence-electron chi connectivity index (χ0n) is 11.1. The van der Waals surface area contributed by atoms with E-state index in [4.69, 9.17) is 11.0 Å². The fourth-order valence-corrected chi connectivity index (χ4v) is 2.87. The highest BCUT2D eigenvalue weighted by molar-refractivity contribution is 7.92.